The van der Waals surface area contributed by atoms with Crippen molar-refractivity contribution in [1.29, 1.82) is 0 Å². The molecule has 2 aromatic rings. The molecule has 40 heavy (non-hydrogen) atoms. The maximum atomic E-state index is 13.3. The molecule has 2 atom stereocenters. The second kappa shape index (κ2) is 11.6. The van der Waals surface area contributed by atoms with E-state index in [2.05, 4.69) is 4.98 Å². The lowest BCUT2D eigenvalue weighted by atomic mass is 10.0. The summed E-state index contributed by atoms with van der Waals surface area (Å²) in [5.74, 6) is -0.622. The molecule has 12 heteroatoms. The van der Waals surface area contributed by atoms with Gasteiger partial charge in [-0.25, -0.2) is 9.78 Å². The number of nitrogens with zero attached hydrogens (tertiary/aromatic N) is 4. The summed E-state index contributed by atoms with van der Waals surface area (Å²) < 4.78 is 16.7. The molecule has 3 aliphatic rings. The topological polar surface area (TPSA) is 139 Å². The third-order valence-electron chi connectivity index (χ3n) is 7.69. The smallest absolute Gasteiger partial charge is 0.415 e. The van der Waals surface area contributed by atoms with Crippen LogP contribution in [-0.4, -0.2) is 87.7 Å². The molecule has 2 saturated heterocycles. The zero-order valence-electron chi connectivity index (χ0n) is 22.4. The predicted molar refractivity (Wildman–Crippen MR) is 139 cm³/mol. The van der Waals surface area contributed by atoms with E-state index in [9.17, 15) is 24.3 Å². The van der Waals surface area contributed by atoms with Gasteiger partial charge in [0, 0.05) is 44.5 Å². The highest BCUT2D eigenvalue weighted by molar-refractivity contribution is 6.05. The van der Waals surface area contributed by atoms with Gasteiger partial charge in [-0.15, -0.1) is 0 Å². The van der Waals surface area contributed by atoms with Crippen LogP contribution in [0.25, 0.3) is 0 Å². The van der Waals surface area contributed by atoms with Crippen LogP contribution < -0.4 is 9.47 Å². The summed E-state index contributed by atoms with van der Waals surface area (Å²) in [6.45, 7) is 2.66. The van der Waals surface area contributed by atoms with Crippen LogP contribution in [0, 0.1) is 0 Å². The Morgan fingerprint density at radius 2 is 1.95 bits per heavy atom. The number of carbonyl (C=O) groups is 4. The summed E-state index contributed by atoms with van der Waals surface area (Å²) in [5.41, 5.74) is 1.91. The number of pyridine rings is 1. The molecular formula is C28H32N4O8. The summed E-state index contributed by atoms with van der Waals surface area (Å²) in [5, 5.41) is 9.42. The Hall–Kier alpha value is -4.03. The van der Waals surface area contributed by atoms with Crippen molar-refractivity contribution in [2.45, 2.75) is 57.3 Å². The standard InChI is InChI=1S/C28H32N4O8/c1-17(30(2)28(37)40-21-5-7-24(29-14-21)39-20-9-11-38-12-10-20)18-3-4-19-15-31(26(35)22(19)13-18)23-6-8-25(34)32(16-33)27(23)36/h3-5,7,13-14,17,20,23,33H,6,8-12,15-16H2,1-2H3. The second-order valence-corrected chi connectivity index (χ2v) is 10.1. The Bertz CT molecular complexity index is 1290. The summed E-state index contributed by atoms with van der Waals surface area (Å²) >= 11 is 0. The van der Waals surface area contributed by atoms with Gasteiger partial charge in [-0.3, -0.25) is 19.3 Å². The number of likely N-dealkylation sites (tertiary alicyclic amines) is 1. The molecule has 2 fully saturated rings. The van der Waals surface area contributed by atoms with Crippen LogP contribution in [0.3, 0.4) is 0 Å². The number of carbonyl (C=O) groups excluding carboxylic acids is 4. The summed E-state index contributed by atoms with van der Waals surface area (Å²) in [4.78, 5) is 58.7. The number of benzene rings is 1. The van der Waals surface area contributed by atoms with Gasteiger partial charge in [-0.05, 0) is 36.6 Å². The third kappa shape index (κ3) is 5.50. The van der Waals surface area contributed by atoms with E-state index >= 15 is 0 Å². The fourth-order valence-corrected chi connectivity index (χ4v) is 5.13. The minimum atomic E-state index is -0.814. The number of ether oxygens (including phenoxy) is 3. The molecule has 1 aromatic heterocycles. The summed E-state index contributed by atoms with van der Waals surface area (Å²) in [6.07, 6.45) is 2.78. The zero-order valence-corrected chi connectivity index (χ0v) is 22.4. The molecule has 5 rings (SSSR count). The van der Waals surface area contributed by atoms with Crippen molar-refractivity contribution >= 4 is 23.8 Å². The van der Waals surface area contributed by atoms with Crippen molar-refractivity contribution in [3.05, 3.63) is 53.2 Å². The molecule has 1 aromatic carbocycles. The van der Waals surface area contributed by atoms with Crippen LogP contribution in [0.15, 0.2) is 36.5 Å². The van der Waals surface area contributed by atoms with Gasteiger partial charge in [-0.2, -0.15) is 0 Å². The van der Waals surface area contributed by atoms with Crippen molar-refractivity contribution in [3.63, 3.8) is 0 Å². The van der Waals surface area contributed by atoms with Gasteiger partial charge in [0.1, 0.15) is 18.9 Å². The largest absolute Gasteiger partial charge is 0.474 e. The first-order valence-electron chi connectivity index (χ1n) is 13.3. The van der Waals surface area contributed by atoms with Crippen molar-refractivity contribution < 1.29 is 38.5 Å². The maximum Gasteiger partial charge on any atom is 0.415 e. The summed E-state index contributed by atoms with van der Waals surface area (Å²) in [7, 11) is 1.60. The number of amides is 4. The molecule has 2 unspecified atom stereocenters. The maximum absolute atomic E-state index is 13.3. The van der Waals surface area contributed by atoms with E-state index in [-0.39, 0.29) is 37.1 Å². The molecule has 3 aliphatic heterocycles. The second-order valence-electron chi connectivity index (χ2n) is 10.1. The first-order chi connectivity index (χ1) is 19.3. The van der Waals surface area contributed by atoms with Crippen LogP contribution in [0.4, 0.5) is 4.79 Å². The first-order valence-corrected chi connectivity index (χ1v) is 13.3. The molecule has 1 N–H and O–H groups in total. The minimum Gasteiger partial charge on any atom is -0.474 e. The fourth-order valence-electron chi connectivity index (χ4n) is 5.13. The van der Waals surface area contributed by atoms with Gasteiger partial charge in [0.15, 0.2) is 5.75 Å². The van der Waals surface area contributed by atoms with E-state index in [0.717, 1.165) is 23.3 Å². The quantitative estimate of drug-likeness (QED) is 0.513. The van der Waals surface area contributed by atoms with Crippen LogP contribution in [0.5, 0.6) is 11.6 Å². The van der Waals surface area contributed by atoms with Gasteiger partial charge in [-0.1, -0.05) is 12.1 Å². The predicted octanol–water partition coefficient (Wildman–Crippen LogP) is 2.25. The SMILES string of the molecule is CC(c1ccc2c(c1)C(=O)N(C1CCC(=O)N(CO)C1=O)C2)N(C)C(=O)Oc1ccc(OC2CCOCC2)nc1. The van der Waals surface area contributed by atoms with Crippen molar-refractivity contribution in [1.82, 2.24) is 19.7 Å². The number of fused-ring (bicyclic) bond motifs is 1. The highest BCUT2D eigenvalue weighted by Crippen LogP contribution is 2.32. The molecule has 0 bridgehead atoms. The highest BCUT2D eigenvalue weighted by atomic mass is 16.6. The van der Waals surface area contributed by atoms with Crippen LogP contribution in [0.1, 0.15) is 60.1 Å². The first kappa shape index (κ1) is 27.5. The lowest BCUT2D eigenvalue weighted by Gasteiger charge is -2.34. The average Bonchev–Trinajstić information content (AvgIpc) is 3.29. The fraction of sp³-hybridized carbons (Fsp3) is 0.464. The number of rotatable bonds is 7. The van der Waals surface area contributed by atoms with Gasteiger partial charge < -0.3 is 29.1 Å². The number of aliphatic hydroxyl groups is 1. The van der Waals surface area contributed by atoms with Gasteiger partial charge in [0.2, 0.25) is 11.8 Å². The van der Waals surface area contributed by atoms with Crippen molar-refractivity contribution in [3.8, 4) is 11.6 Å². The number of imide groups is 1. The summed E-state index contributed by atoms with van der Waals surface area (Å²) in [6, 6.07) is 7.40. The van der Waals surface area contributed by atoms with Gasteiger partial charge in [0.25, 0.3) is 11.8 Å². The molecule has 12 nitrogen and oxygen atoms in total. The Morgan fingerprint density at radius 3 is 2.65 bits per heavy atom. The molecule has 0 saturated carbocycles. The third-order valence-corrected chi connectivity index (χ3v) is 7.69. The lowest BCUT2D eigenvalue weighted by Crippen LogP contribution is -2.54. The molecule has 0 aliphatic carbocycles. The van der Waals surface area contributed by atoms with Crippen molar-refractivity contribution in [2.75, 3.05) is 27.0 Å². The lowest BCUT2D eigenvalue weighted by molar-refractivity contribution is -0.156. The Morgan fingerprint density at radius 1 is 1.18 bits per heavy atom. The van der Waals surface area contributed by atoms with Crippen LogP contribution >= 0.6 is 0 Å². The molecule has 0 radical (unpaired) electrons. The molecule has 212 valence electrons. The van der Waals surface area contributed by atoms with Gasteiger partial charge in [0.05, 0.1) is 25.5 Å². The average molecular weight is 553 g/mol. The Kier molecular flexibility index (Phi) is 7.99. The van der Waals surface area contributed by atoms with Crippen LogP contribution in [0.2, 0.25) is 0 Å². The number of hydrogen-bond donors (Lipinski definition) is 1. The van der Waals surface area contributed by atoms with E-state index in [0.29, 0.717) is 30.2 Å². The Balaban J connectivity index is 1.21. The normalized spacial score (nSPS) is 20.4. The van der Waals surface area contributed by atoms with Gasteiger partial charge >= 0.3 is 6.09 Å². The van der Waals surface area contributed by atoms with E-state index in [1.54, 1.807) is 25.2 Å². The number of aromatic nitrogens is 1. The Labute approximate surface area is 231 Å². The monoisotopic (exact) mass is 552 g/mol. The van der Waals surface area contributed by atoms with Crippen molar-refractivity contribution in [2.24, 2.45) is 0 Å². The van der Waals surface area contributed by atoms with Crippen LogP contribution in [-0.2, 0) is 20.9 Å². The molecule has 4 amide bonds. The van der Waals surface area contributed by atoms with E-state index in [4.69, 9.17) is 14.2 Å². The number of piperidine rings is 1. The molecular weight excluding hydrogens is 520 g/mol. The van der Waals surface area contributed by atoms with E-state index in [1.807, 2.05) is 19.1 Å². The number of aliphatic hydroxyl groups excluding tert-OH is 1. The minimum absolute atomic E-state index is 0.0514. The zero-order chi connectivity index (χ0) is 28.4. The van der Waals surface area contributed by atoms with E-state index in [1.165, 1.54) is 16.0 Å². The molecule has 0 spiro atoms. The highest BCUT2D eigenvalue weighted by Gasteiger charge is 2.42. The molecule has 4 heterocycles. The van der Waals surface area contributed by atoms with E-state index < -0.39 is 36.7 Å². The number of hydrogen-bond acceptors (Lipinski definition) is 9.